The van der Waals surface area contributed by atoms with Crippen molar-refractivity contribution in [3.05, 3.63) is 51.2 Å². The molecular weight excluding hydrogens is 235 g/mol. The van der Waals surface area contributed by atoms with Gasteiger partial charge in [0.2, 0.25) is 0 Å². The number of rotatable bonds is 4. The van der Waals surface area contributed by atoms with E-state index in [1.54, 1.807) is 17.4 Å². The van der Waals surface area contributed by atoms with Gasteiger partial charge in [0.1, 0.15) is 10.8 Å². The molecule has 1 heterocycles. The molecule has 0 radical (unpaired) electrons. The Bertz CT molecular complexity index is 508. The van der Waals surface area contributed by atoms with Gasteiger partial charge < -0.3 is 5.32 Å². The van der Waals surface area contributed by atoms with Crippen LogP contribution < -0.4 is 5.32 Å². The number of nitrogens with zero attached hydrogens (tertiary/aromatic N) is 1. The number of halogens is 1. The third kappa shape index (κ3) is 3.35. The van der Waals surface area contributed by atoms with Crippen LogP contribution in [0, 0.1) is 19.7 Å². The van der Waals surface area contributed by atoms with Crippen molar-refractivity contribution >= 4 is 11.3 Å². The van der Waals surface area contributed by atoms with Crippen LogP contribution >= 0.6 is 11.3 Å². The summed E-state index contributed by atoms with van der Waals surface area (Å²) in [4.78, 5) is 5.45. The van der Waals surface area contributed by atoms with Gasteiger partial charge in [0.15, 0.2) is 0 Å². The molecule has 1 N–H and O–H groups in total. The summed E-state index contributed by atoms with van der Waals surface area (Å²) in [7, 11) is 0. The fourth-order valence-corrected chi connectivity index (χ4v) is 2.38. The van der Waals surface area contributed by atoms with Crippen LogP contribution in [0.3, 0.4) is 0 Å². The zero-order valence-corrected chi connectivity index (χ0v) is 10.8. The molecule has 90 valence electrons. The Labute approximate surface area is 105 Å². The summed E-state index contributed by atoms with van der Waals surface area (Å²) in [5, 5.41) is 4.24. The van der Waals surface area contributed by atoms with E-state index in [-0.39, 0.29) is 5.82 Å². The van der Waals surface area contributed by atoms with Gasteiger partial charge in [0.05, 0.1) is 0 Å². The van der Waals surface area contributed by atoms with Crippen LogP contribution in [0.5, 0.6) is 0 Å². The van der Waals surface area contributed by atoms with E-state index in [4.69, 9.17) is 0 Å². The van der Waals surface area contributed by atoms with Gasteiger partial charge in [-0.05, 0) is 19.9 Å². The van der Waals surface area contributed by atoms with Crippen LogP contribution in [0.25, 0.3) is 0 Å². The summed E-state index contributed by atoms with van der Waals surface area (Å²) in [5.41, 5.74) is 1.78. The molecule has 0 aliphatic heterocycles. The van der Waals surface area contributed by atoms with Crippen LogP contribution in [-0.4, -0.2) is 4.98 Å². The molecule has 2 rings (SSSR count). The number of nitrogens with one attached hydrogen (secondary N) is 1. The summed E-state index contributed by atoms with van der Waals surface area (Å²) in [5.74, 6) is -0.154. The SMILES string of the molecule is Cc1ccc(F)c(CNCc2ncc(C)s2)c1. The molecule has 1 aromatic carbocycles. The maximum absolute atomic E-state index is 13.4. The summed E-state index contributed by atoms with van der Waals surface area (Å²) in [6, 6.07) is 5.17. The lowest BCUT2D eigenvalue weighted by Crippen LogP contribution is -2.13. The van der Waals surface area contributed by atoms with Gasteiger partial charge in [-0.1, -0.05) is 17.7 Å². The summed E-state index contributed by atoms with van der Waals surface area (Å²) >= 11 is 1.66. The summed E-state index contributed by atoms with van der Waals surface area (Å²) < 4.78 is 13.4. The van der Waals surface area contributed by atoms with E-state index < -0.39 is 0 Å². The van der Waals surface area contributed by atoms with Crippen LogP contribution in [0.1, 0.15) is 21.0 Å². The topological polar surface area (TPSA) is 24.9 Å². The van der Waals surface area contributed by atoms with E-state index in [1.807, 2.05) is 26.1 Å². The van der Waals surface area contributed by atoms with Gasteiger partial charge in [-0.25, -0.2) is 9.37 Å². The first-order valence-electron chi connectivity index (χ1n) is 5.52. The fourth-order valence-electron chi connectivity index (χ4n) is 1.63. The molecule has 0 saturated heterocycles. The van der Waals surface area contributed by atoms with Crippen molar-refractivity contribution in [2.75, 3.05) is 0 Å². The Balaban J connectivity index is 1.91. The molecule has 0 atom stereocenters. The largest absolute Gasteiger partial charge is 0.306 e. The predicted octanol–water partition coefficient (Wildman–Crippen LogP) is 3.19. The molecule has 0 saturated carbocycles. The molecule has 0 fully saturated rings. The summed E-state index contributed by atoms with van der Waals surface area (Å²) in [6.07, 6.45) is 1.86. The van der Waals surface area contributed by atoms with Crippen molar-refractivity contribution in [2.24, 2.45) is 0 Å². The van der Waals surface area contributed by atoms with Crippen molar-refractivity contribution < 1.29 is 4.39 Å². The molecule has 17 heavy (non-hydrogen) atoms. The van der Waals surface area contributed by atoms with Crippen molar-refractivity contribution in [1.82, 2.24) is 10.3 Å². The van der Waals surface area contributed by atoms with E-state index in [0.717, 1.165) is 10.6 Å². The normalized spacial score (nSPS) is 10.8. The second-order valence-corrected chi connectivity index (χ2v) is 5.38. The minimum atomic E-state index is -0.154. The maximum Gasteiger partial charge on any atom is 0.127 e. The third-order valence-corrected chi connectivity index (χ3v) is 3.37. The Morgan fingerprint density at radius 3 is 2.82 bits per heavy atom. The highest BCUT2D eigenvalue weighted by atomic mass is 32.1. The third-order valence-electron chi connectivity index (χ3n) is 2.46. The van der Waals surface area contributed by atoms with Crippen molar-refractivity contribution in [2.45, 2.75) is 26.9 Å². The molecule has 0 unspecified atom stereocenters. The highest BCUT2D eigenvalue weighted by molar-refractivity contribution is 7.11. The minimum Gasteiger partial charge on any atom is -0.306 e. The van der Waals surface area contributed by atoms with Crippen molar-refractivity contribution in [3.63, 3.8) is 0 Å². The molecule has 0 aliphatic carbocycles. The van der Waals surface area contributed by atoms with Crippen LogP contribution in [-0.2, 0) is 13.1 Å². The van der Waals surface area contributed by atoms with Gasteiger partial charge in [-0.15, -0.1) is 11.3 Å². The molecule has 0 aliphatic rings. The molecule has 2 nitrogen and oxygen atoms in total. The minimum absolute atomic E-state index is 0.154. The molecular formula is C13H15FN2S. The lowest BCUT2D eigenvalue weighted by atomic mass is 10.1. The van der Waals surface area contributed by atoms with Crippen molar-refractivity contribution in [1.29, 1.82) is 0 Å². The number of hydrogen-bond donors (Lipinski definition) is 1. The monoisotopic (exact) mass is 250 g/mol. The lowest BCUT2D eigenvalue weighted by molar-refractivity contribution is 0.587. The molecule has 0 amide bonds. The number of aryl methyl sites for hydroxylation is 2. The lowest BCUT2D eigenvalue weighted by Gasteiger charge is -2.05. The smallest absolute Gasteiger partial charge is 0.127 e. The number of thiazole rings is 1. The summed E-state index contributed by atoms with van der Waals surface area (Å²) in [6.45, 7) is 5.21. The highest BCUT2D eigenvalue weighted by Crippen LogP contribution is 2.12. The van der Waals surface area contributed by atoms with Gasteiger partial charge in [-0.3, -0.25) is 0 Å². The zero-order valence-electron chi connectivity index (χ0n) is 9.96. The zero-order chi connectivity index (χ0) is 12.3. The maximum atomic E-state index is 13.4. The Morgan fingerprint density at radius 1 is 1.29 bits per heavy atom. The van der Waals surface area contributed by atoms with Crippen LogP contribution in [0.4, 0.5) is 4.39 Å². The van der Waals surface area contributed by atoms with Gasteiger partial charge in [-0.2, -0.15) is 0 Å². The number of benzene rings is 1. The van der Waals surface area contributed by atoms with E-state index in [9.17, 15) is 4.39 Å². The molecule has 0 spiro atoms. The van der Waals surface area contributed by atoms with Gasteiger partial charge in [0, 0.05) is 29.7 Å². The van der Waals surface area contributed by atoms with Crippen LogP contribution in [0.2, 0.25) is 0 Å². The molecule has 2 aromatic rings. The predicted molar refractivity (Wildman–Crippen MR) is 68.5 cm³/mol. The number of aromatic nitrogens is 1. The average Bonchev–Trinajstić information content (AvgIpc) is 2.69. The Hall–Kier alpha value is -1.26. The first kappa shape index (κ1) is 12.2. The van der Waals surface area contributed by atoms with Gasteiger partial charge in [0.25, 0.3) is 0 Å². The standard InChI is InChI=1S/C13H15FN2S/c1-9-3-4-12(14)11(5-9)7-15-8-13-16-6-10(2)17-13/h3-6,15H,7-8H2,1-2H3. The second kappa shape index (κ2) is 5.38. The van der Waals surface area contributed by atoms with E-state index in [2.05, 4.69) is 10.3 Å². The van der Waals surface area contributed by atoms with Gasteiger partial charge >= 0.3 is 0 Å². The van der Waals surface area contributed by atoms with E-state index >= 15 is 0 Å². The highest BCUT2D eigenvalue weighted by Gasteiger charge is 2.03. The van der Waals surface area contributed by atoms with Crippen molar-refractivity contribution in [3.8, 4) is 0 Å². The molecule has 0 bridgehead atoms. The second-order valence-electron chi connectivity index (χ2n) is 4.06. The Morgan fingerprint density at radius 2 is 2.12 bits per heavy atom. The molecule has 4 heteroatoms. The van der Waals surface area contributed by atoms with E-state index in [1.165, 1.54) is 10.9 Å². The fraction of sp³-hybridized carbons (Fsp3) is 0.308. The first-order chi connectivity index (χ1) is 8.15. The quantitative estimate of drug-likeness (QED) is 0.901. The van der Waals surface area contributed by atoms with E-state index in [0.29, 0.717) is 18.7 Å². The molecule has 1 aromatic heterocycles. The number of hydrogen-bond acceptors (Lipinski definition) is 3. The van der Waals surface area contributed by atoms with Crippen LogP contribution in [0.15, 0.2) is 24.4 Å². The Kier molecular flexibility index (Phi) is 3.86. The average molecular weight is 250 g/mol. The first-order valence-corrected chi connectivity index (χ1v) is 6.34.